The molecule has 0 saturated heterocycles. The van der Waals surface area contributed by atoms with Crippen LogP contribution in [-0.4, -0.2) is 10.7 Å². The van der Waals surface area contributed by atoms with Gasteiger partial charge in [-0.05, 0) is 17.2 Å². The van der Waals surface area contributed by atoms with E-state index in [0.717, 1.165) is 30.2 Å². The topological polar surface area (TPSA) is 15.6 Å². The molecular formula is C21H18N2. The zero-order valence-corrected chi connectivity index (χ0v) is 12.9. The van der Waals surface area contributed by atoms with Crippen LogP contribution in [0.1, 0.15) is 16.7 Å². The predicted octanol–water partition coefficient (Wildman–Crippen LogP) is 4.78. The molecular weight excluding hydrogens is 280 g/mol. The van der Waals surface area contributed by atoms with Gasteiger partial charge in [-0.2, -0.15) is 0 Å². The molecule has 0 spiro atoms. The SMILES string of the molecule is c1ccc(CN2Cc3ccccc3N=C2c2ccccc2)cc1. The summed E-state index contributed by atoms with van der Waals surface area (Å²) in [6.07, 6.45) is 0. The van der Waals surface area contributed by atoms with Crippen molar-refractivity contribution in [3.63, 3.8) is 0 Å². The second-order valence-corrected chi connectivity index (χ2v) is 5.77. The zero-order valence-electron chi connectivity index (χ0n) is 12.9. The van der Waals surface area contributed by atoms with E-state index in [0.29, 0.717) is 0 Å². The Morgan fingerprint density at radius 3 is 2.17 bits per heavy atom. The van der Waals surface area contributed by atoms with Crippen LogP contribution in [0.25, 0.3) is 0 Å². The van der Waals surface area contributed by atoms with Gasteiger partial charge in [-0.3, -0.25) is 0 Å². The Morgan fingerprint density at radius 1 is 0.739 bits per heavy atom. The minimum atomic E-state index is 0.864. The van der Waals surface area contributed by atoms with Crippen LogP contribution >= 0.6 is 0 Å². The molecule has 0 bridgehead atoms. The molecule has 23 heavy (non-hydrogen) atoms. The van der Waals surface area contributed by atoms with Crippen LogP contribution in [0.5, 0.6) is 0 Å². The molecule has 0 aliphatic carbocycles. The first-order chi connectivity index (χ1) is 11.4. The van der Waals surface area contributed by atoms with Crippen molar-refractivity contribution in [1.82, 2.24) is 4.90 Å². The summed E-state index contributed by atoms with van der Waals surface area (Å²) in [6.45, 7) is 1.75. The van der Waals surface area contributed by atoms with Crippen LogP contribution in [0.15, 0.2) is 89.9 Å². The second-order valence-electron chi connectivity index (χ2n) is 5.77. The van der Waals surface area contributed by atoms with Gasteiger partial charge in [0.25, 0.3) is 0 Å². The molecule has 0 amide bonds. The summed E-state index contributed by atoms with van der Waals surface area (Å²) >= 11 is 0. The lowest BCUT2D eigenvalue weighted by Crippen LogP contribution is -2.33. The minimum absolute atomic E-state index is 0.864. The highest BCUT2D eigenvalue weighted by atomic mass is 15.2. The standard InChI is InChI=1S/C21H18N2/c1-3-9-17(10-4-1)15-23-16-19-13-7-8-14-20(19)22-21(23)18-11-5-2-6-12-18/h1-14H,15-16H2. The molecule has 1 aliphatic heterocycles. The smallest absolute Gasteiger partial charge is 0.137 e. The quantitative estimate of drug-likeness (QED) is 0.679. The summed E-state index contributed by atoms with van der Waals surface area (Å²) in [6, 6.07) is 29.4. The fourth-order valence-electron chi connectivity index (χ4n) is 2.99. The van der Waals surface area contributed by atoms with Gasteiger partial charge in [0.15, 0.2) is 0 Å². The van der Waals surface area contributed by atoms with Crippen LogP contribution in [0.3, 0.4) is 0 Å². The molecule has 2 heteroatoms. The maximum Gasteiger partial charge on any atom is 0.137 e. The number of rotatable bonds is 3. The third-order valence-electron chi connectivity index (χ3n) is 4.13. The van der Waals surface area contributed by atoms with Crippen molar-refractivity contribution >= 4 is 11.5 Å². The zero-order chi connectivity index (χ0) is 15.5. The summed E-state index contributed by atoms with van der Waals surface area (Å²) in [5.41, 5.74) is 4.83. The molecule has 0 aromatic heterocycles. The molecule has 0 saturated carbocycles. The first kappa shape index (κ1) is 13.8. The second kappa shape index (κ2) is 6.09. The Bertz CT molecular complexity index is 823. The van der Waals surface area contributed by atoms with Gasteiger partial charge in [-0.25, -0.2) is 4.99 Å². The molecule has 3 aromatic rings. The molecule has 3 aromatic carbocycles. The number of nitrogens with zero attached hydrogens (tertiary/aromatic N) is 2. The van der Waals surface area contributed by atoms with E-state index in [-0.39, 0.29) is 0 Å². The summed E-state index contributed by atoms with van der Waals surface area (Å²) in [4.78, 5) is 7.29. The van der Waals surface area contributed by atoms with E-state index in [1.54, 1.807) is 0 Å². The number of para-hydroxylation sites is 1. The number of hydrogen-bond acceptors (Lipinski definition) is 2. The van der Waals surface area contributed by atoms with Gasteiger partial charge in [0, 0.05) is 18.7 Å². The van der Waals surface area contributed by atoms with Gasteiger partial charge in [-0.15, -0.1) is 0 Å². The molecule has 0 fully saturated rings. The number of aliphatic imine (C=N–C) groups is 1. The fourth-order valence-corrected chi connectivity index (χ4v) is 2.99. The van der Waals surface area contributed by atoms with Crippen LogP contribution in [0, 0.1) is 0 Å². The average molecular weight is 298 g/mol. The molecule has 112 valence electrons. The first-order valence-electron chi connectivity index (χ1n) is 7.91. The van der Waals surface area contributed by atoms with Gasteiger partial charge in [0.2, 0.25) is 0 Å². The summed E-state index contributed by atoms with van der Waals surface area (Å²) < 4.78 is 0. The summed E-state index contributed by atoms with van der Waals surface area (Å²) in [7, 11) is 0. The predicted molar refractivity (Wildman–Crippen MR) is 94.8 cm³/mol. The lowest BCUT2D eigenvalue weighted by Gasteiger charge is -2.31. The number of benzene rings is 3. The normalized spacial score (nSPS) is 13.4. The van der Waals surface area contributed by atoms with Crippen LogP contribution < -0.4 is 0 Å². The number of hydrogen-bond donors (Lipinski definition) is 0. The fraction of sp³-hybridized carbons (Fsp3) is 0.0952. The van der Waals surface area contributed by atoms with Crippen LogP contribution in [0.4, 0.5) is 5.69 Å². The monoisotopic (exact) mass is 298 g/mol. The van der Waals surface area contributed by atoms with Crippen molar-refractivity contribution in [2.24, 2.45) is 4.99 Å². The lowest BCUT2D eigenvalue weighted by molar-refractivity contribution is 0.402. The van der Waals surface area contributed by atoms with Crippen molar-refractivity contribution in [2.75, 3.05) is 0 Å². The van der Waals surface area contributed by atoms with Crippen molar-refractivity contribution in [3.8, 4) is 0 Å². The van der Waals surface area contributed by atoms with Crippen LogP contribution in [-0.2, 0) is 13.1 Å². The largest absolute Gasteiger partial charge is 0.347 e. The third-order valence-corrected chi connectivity index (χ3v) is 4.13. The molecule has 1 heterocycles. The lowest BCUT2D eigenvalue weighted by atomic mass is 10.1. The molecule has 0 N–H and O–H groups in total. The van der Waals surface area contributed by atoms with Gasteiger partial charge in [-0.1, -0.05) is 78.9 Å². The highest BCUT2D eigenvalue weighted by molar-refractivity contribution is 6.01. The Labute approximate surface area is 136 Å². The Morgan fingerprint density at radius 2 is 1.39 bits per heavy atom. The number of fused-ring (bicyclic) bond motifs is 1. The van der Waals surface area contributed by atoms with E-state index in [1.807, 2.05) is 6.07 Å². The molecule has 0 radical (unpaired) electrons. The molecule has 1 aliphatic rings. The van der Waals surface area contributed by atoms with Gasteiger partial charge < -0.3 is 4.90 Å². The van der Waals surface area contributed by atoms with Gasteiger partial charge in [0.05, 0.1) is 5.69 Å². The van der Waals surface area contributed by atoms with E-state index < -0.39 is 0 Å². The highest BCUT2D eigenvalue weighted by Gasteiger charge is 2.20. The molecule has 4 rings (SSSR count). The van der Waals surface area contributed by atoms with Gasteiger partial charge in [0.1, 0.15) is 5.84 Å². The van der Waals surface area contributed by atoms with Crippen molar-refractivity contribution < 1.29 is 0 Å². The average Bonchev–Trinajstić information content (AvgIpc) is 2.63. The maximum atomic E-state index is 4.94. The third kappa shape index (κ3) is 2.88. The molecule has 0 unspecified atom stereocenters. The number of amidine groups is 1. The summed E-state index contributed by atoms with van der Waals surface area (Å²) in [5.74, 6) is 1.05. The van der Waals surface area contributed by atoms with E-state index >= 15 is 0 Å². The van der Waals surface area contributed by atoms with Crippen molar-refractivity contribution in [2.45, 2.75) is 13.1 Å². The van der Waals surface area contributed by atoms with E-state index in [1.165, 1.54) is 11.1 Å². The minimum Gasteiger partial charge on any atom is -0.347 e. The van der Waals surface area contributed by atoms with Gasteiger partial charge >= 0.3 is 0 Å². The Balaban J connectivity index is 1.75. The van der Waals surface area contributed by atoms with E-state index in [2.05, 4.69) is 83.8 Å². The molecule has 2 nitrogen and oxygen atoms in total. The summed E-state index contributed by atoms with van der Waals surface area (Å²) in [5, 5.41) is 0. The van der Waals surface area contributed by atoms with Crippen LogP contribution in [0.2, 0.25) is 0 Å². The molecule has 0 atom stereocenters. The van der Waals surface area contributed by atoms with E-state index in [9.17, 15) is 0 Å². The van der Waals surface area contributed by atoms with Crippen molar-refractivity contribution in [3.05, 3.63) is 102 Å². The van der Waals surface area contributed by atoms with E-state index in [4.69, 9.17) is 4.99 Å². The maximum absolute atomic E-state index is 4.94. The van der Waals surface area contributed by atoms with Crippen molar-refractivity contribution in [1.29, 1.82) is 0 Å². The highest BCUT2D eigenvalue weighted by Crippen LogP contribution is 2.28. The Hall–Kier alpha value is -2.87. The Kier molecular flexibility index (Phi) is 3.65. The first-order valence-corrected chi connectivity index (χ1v) is 7.91.